The van der Waals surface area contributed by atoms with Crippen LogP contribution in [0.4, 0.5) is 8.78 Å². The highest BCUT2D eigenvalue weighted by Gasteiger charge is 2.15. The molecule has 0 radical (unpaired) electrons. The number of rotatable bonds is 2. The third-order valence-corrected chi connectivity index (χ3v) is 2.37. The SMILES string of the molecule is O[C@@H](c1ccccc1)c1cc(F)ccc1F. The minimum atomic E-state index is -1.14. The quantitative estimate of drug-likeness (QED) is 0.824. The summed E-state index contributed by atoms with van der Waals surface area (Å²) in [7, 11) is 0. The maximum Gasteiger partial charge on any atom is 0.129 e. The van der Waals surface area contributed by atoms with Gasteiger partial charge < -0.3 is 5.11 Å². The first kappa shape index (κ1) is 10.8. The van der Waals surface area contributed by atoms with E-state index in [9.17, 15) is 13.9 Å². The number of benzene rings is 2. The standard InChI is InChI=1S/C13H10F2O/c14-10-6-7-12(15)11(8-10)13(16)9-4-2-1-3-5-9/h1-8,13,16H/t13-/m0/s1. The highest BCUT2D eigenvalue weighted by atomic mass is 19.1. The molecule has 1 N–H and O–H groups in total. The Balaban J connectivity index is 2.41. The van der Waals surface area contributed by atoms with Crippen LogP contribution in [0, 0.1) is 11.6 Å². The van der Waals surface area contributed by atoms with Crippen LogP contribution in [0.25, 0.3) is 0 Å². The molecule has 0 bridgehead atoms. The molecule has 1 nitrogen and oxygen atoms in total. The molecule has 1 atom stereocenters. The summed E-state index contributed by atoms with van der Waals surface area (Å²) in [4.78, 5) is 0. The van der Waals surface area contributed by atoms with Crippen LogP contribution in [-0.2, 0) is 0 Å². The minimum Gasteiger partial charge on any atom is -0.384 e. The Morgan fingerprint density at radius 1 is 0.938 bits per heavy atom. The first-order chi connectivity index (χ1) is 7.68. The van der Waals surface area contributed by atoms with Crippen LogP contribution >= 0.6 is 0 Å². The van der Waals surface area contributed by atoms with Crippen molar-refractivity contribution in [1.29, 1.82) is 0 Å². The van der Waals surface area contributed by atoms with Gasteiger partial charge in [0.05, 0.1) is 0 Å². The fourth-order valence-corrected chi connectivity index (χ4v) is 1.54. The summed E-state index contributed by atoms with van der Waals surface area (Å²) in [5.41, 5.74) is 0.484. The molecule has 0 unspecified atom stereocenters. The topological polar surface area (TPSA) is 20.2 Å². The molecule has 82 valence electrons. The summed E-state index contributed by atoms with van der Waals surface area (Å²) in [5.74, 6) is -1.18. The smallest absolute Gasteiger partial charge is 0.129 e. The van der Waals surface area contributed by atoms with Crippen molar-refractivity contribution in [2.45, 2.75) is 6.10 Å². The third-order valence-electron chi connectivity index (χ3n) is 2.37. The second-order valence-corrected chi connectivity index (χ2v) is 3.48. The Bertz CT molecular complexity index is 483. The van der Waals surface area contributed by atoms with Crippen LogP contribution in [0.3, 0.4) is 0 Å². The zero-order valence-electron chi connectivity index (χ0n) is 8.40. The van der Waals surface area contributed by atoms with Crippen molar-refractivity contribution in [3.63, 3.8) is 0 Å². The first-order valence-corrected chi connectivity index (χ1v) is 4.86. The van der Waals surface area contributed by atoms with Crippen molar-refractivity contribution in [1.82, 2.24) is 0 Å². The Morgan fingerprint density at radius 3 is 2.31 bits per heavy atom. The second kappa shape index (κ2) is 4.41. The molecule has 0 heterocycles. The fourth-order valence-electron chi connectivity index (χ4n) is 1.54. The Labute approximate surface area is 92.0 Å². The molecule has 0 aliphatic rings. The van der Waals surface area contributed by atoms with E-state index < -0.39 is 17.7 Å². The van der Waals surface area contributed by atoms with Crippen molar-refractivity contribution in [2.75, 3.05) is 0 Å². The molecule has 2 aromatic rings. The summed E-state index contributed by atoms with van der Waals surface area (Å²) < 4.78 is 26.3. The van der Waals surface area contributed by atoms with Gasteiger partial charge in [0.1, 0.15) is 17.7 Å². The van der Waals surface area contributed by atoms with Crippen LogP contribution in [0.2, 0.25) is 0 Å². The Morgan fingerprint density at radius 2 is 1.62 bits per heavy atom. The largest absolute Gasteiger partial charge is 0.384 e. The molecule has 3 heteroatoms. The average Bonchev–Trinajstić information content (AvgIpc) is 2.32. The van der Waals surface area contributed by atoms with E-state index in [1.807, 2.05) is 0 Å². The van der Waals surface area contributed by atoms with Gasteiger partial charge in [0, 0.05) is 5.56 Å². The van der Waals surface area contributed by atoms with E-state index in [1.165, 1.54) is 0 Å². The Kier molecular flexibility index (Phi) is 2.97. The molecule has 0 fully saturated rings. The normalized spacial score (nSPS) is 12.4. The molecule has 2 aromatic carbocycles. The van der Waals surface area contributed by atoms with Crippen molar-refractivity contribution in [3.8, 4) is 0 Å². The number of aliphatic hydroxyl groups is 1. The predicted octanol–water partition coefficient (Wildman–Crippen LogP) is 3.05. The van der Waals surface area contributed by atoms with Gasteiger partial charge in [0.2, 0.25) is 0 Å². The number of hydrogen-bond donors (Lipinski definition) is 1. The van der Waals surface area contributed by atoms with E-state index in [4.69, 9.17) is 0 Å². The van der Waals surface area contributed by atoms with E-state index in [0.717, 1.165) is 18.2 Å². The van der Waals surface area contributed by atoms with Gasteiger partial charge in [-0.3, -0.25) is 0 Å². The molecule has 0 aromatic heterocycles. The maximum absolute atomic E-state index is 13.4. The van der Waals surface area contributed by atoms with E-state index in [2.05, 4.69) is 0 Å². The van der Waals surface area contributed by atoms with Crippen LogP contribution in [0.1, 0.15) is 17.2 Å². The number of halogens is 2. The number of aliphatic hydroxyl groups excluding tert-OH is 1. The summed E-state index contributed by atoms with van der Waals surface area (Å²) in [6.45, 7) is 0. The Hall–Kier alpha value is -1.74. The first-order valence-electron chi connectivity index (χ1n) is 4.86. The van der Waals surface area contributed by atoms with Gasteiger partial charge in [-0.25, -0.2) is 8.78 Å². The van der Waals surface area contributed by atoms with Crippen molar-refractivity contribution < 1.29 is 13.9 Å². The lowest BCUT2D eigenvalue weighted by Crippen LogP contribution is -2.02. The van der Waals surface area contributed by atoms with Crippen LogP contribution in [-0.4, -0.2) is 5.11 Å². The van der Waals surface area contributed by atoms with Gasteiger partial charge in [-0.05, 0) is 23.8 Å². The van der Waals surface area contributed by atoms with E-state index >= 15 is 0 Å². The summed E-state index contributed by atoms with van der Waals surface area (Å²) in [6, 6.07) is 11.6. The third kappa shape index (κ3) is 2.09. The molecule has 16 heavy (non-hydrogen) atoms. The zero-order valence-corrected chi connectivity index (χ0v) is 8.40. The molecule has 0 saturated heterocycles. The summed E-state index contributed by atoms with van der Waals surface area (Å²) >= 11 is 0. The average molecular weight is 220 g/mol. The lowest BCUT2D eigenvalue weighted by molar-refractivity contribution is 0.214. The maximum atomic E-state index is 13.4. The van der Waals surface area contributed by atoms with E-state index in [-0.39, 0.29) is 5.56 Å². The van der Waals surface area contributed by atoms with E-state index in [1.54, 1.807) is 30.3 Å². The highest BCUT2D eigenvalue weighted by molar-refractivity contribution is 5.30. The molecule has 0 aliphatic carbocycles. The van der Waals surface area contributed by atoms with Gasteiger partial charge >= 0.3 is 0 Å². The molecule has 0 amide bonds. The number of hydrogen-bond acceptors (Lipinski definition) is 1. The van der Waals surface area contributed by atoms with Gasteiger partial charge in [-0.2, -0.15) is 0 Å². The lowest BCUT2D eigenvalue weighted by atomic mass is 10.0. The fraction of sp³-hybridized carbons (Fsp3) is 0.0769. The molecule has 2 rings (SSSR count). The molecule has 0 aliphatic heterocycles. The van der Waals surface area contributed by atoms with Gasteiger partial charge in [-0.1, -0.05) is 30.3 Å². The summed E-state index contributed by atoms with van der Waals surface area (Å²) in [5, 5.41) is 9.89. The molecule has 0 spiro atoms. The molecular formula is C13H10F2O. The van der Waals surface area contributed by atoms with E-state index in [0.29, 0.717) is 5.56 Å². The summed E-state index contributed by atoms with van der Waals surface area (Å²) in [6.07, 6.45) is -1.14. The van der Waals surface area contributed by atoms with Crippen LogP contribution in [0.5, 0.6) is 0 Å². The van der Waals surface area contributed by atoms with Crippen molar-refractivity contribution in [2.24, 2.45) is 0 Å². The van der Waals surface area contributed by atoms with Crippen LogP contribution in [0.15, 0.2) is 48.5 Å². The molecular weight excluding hydrogens is 210 g/mol. The van der Waals surface area contributed by atoms with Crippen LogP contribution < -0.4 is 0 Å². The van der Waals surface area contributed by atoms with Gasteiger partial charge in [-0.15, -0.1) is 0 Å². The van der Waals surface area contributed by atoms with Crippen molar-refractivity contribution >= 4 is 0 Å². The molecule has 0 saturated carbocycles. The predicted molar refractivity (Wildman–Crippen MR) is 56.9 cm³/mol. The minimum absolute atomic E-state index is 0.0498. The highest BCUT2D eigenvalue weighted by Crippen LogP contribution is 2.24. The monoisotopic (exact) mass is 220 g/mol. The zero-order chi connectivity index (χ0) is 11.5. The van der Waals surface area contributed by atoms with Crippen molar-refractivity contribution in [3.05, 3.63) is 71.3 Å². The van der Waals surface area contributed by atoms with Gasteiger partial charge in [0.25, 0.3) is 0 Å². The second-order valence-electron chi connectivity index (χ2n) is 3.48. The van der Waals surface area contributed by atoms with Gasteiger partial charge in [0.15, 0.2) is 0 Å². The lowest BCUT2D eigenvalue weighted by Gasteiger charge is -2.12.